The zero-order chi connectivity index (χ0) is 10.0. The van der Waals surface area contributed by atoms with Crippen LogP contribution < -0.4 is 0 Å². The fourth-order valence-electron chi connectivity index (χ4n) is 1.03. The molecule has 0 spiro atoms. The summed E-state index contributed by atoms with van der Waals surface area (Å²) in [4.78, 5) is 0. The van der Waals surface area contributed by atoms with E-state index in [4.69, 9.17) is 0 Å². The summed E-state index contributed by atoms with van der Waals surface area (Å²) in [6.07, 6.45) is 0.371. The molecule has 1 rings (SSSR count). The van der Waals surface area contributed by atoms with Gasteiger partial charge in [-0.25, -0.2) is 8.78 Å². The summed E-state index contributed by atoms with van der Waals surface area (Å²) in [6.45, 7) is 5.42. The third-order valence-electron chi connectivity index (χ3n) is 1.61. The second-order valence-electron chi connectivity index (χ2n) is 2.97. The highest BCUT2D eigenvalue weighted by Gasteiger charge is 2.11. The van der Waals surface area contributed by atoms with Crippen LogP contribution in [0.4, 0.5) is 8.78 Å². The summed E-state index contributed by atoms with van der Waals surface area (Å²) in [5.41, 5.74) is 1.15. The molecular formula is C10H9BrF2. The van der Waals surface area contributed by atoms with E-state index in [-0.39, 0.29) is 4.47 Å². The third-order valence-corrected chi connectivity index (χ3v) is 2.22. The number of hydrogen-bond acceptors (Lipinski definition) is 0. The van der Waals surface area contributed by atoms with Crippen molar-refractivity contribution in [3.8, 4) is 0 Å². The number of hydrogen-bond donors (Lipinski definition) is 0. The van der Waals surface area contributed by atoms with Crippen molar-refractivity contribution < 1.29 is 8.78 Å². The van der Waals surface area contributed by atoms with Crippen molar-refractivity contribution in [3.63, 3.8) is 0 Å². The Kier molecular flexibility index (Phi) is 3.20. The van der Waals surface area contributed by atoms with Gasteiger partial charge >= 0.3 is 0 Å². The van der Waals surface area contributed by atoms with Crippen LogP contribution in [0.25, 0.3) is 0 Å². The number of rotatable bonds is 2. The molecule has 0 fully saturated rings. The minimum Gasteiger partial charge on any atom is -0.203 e. The lowest BCUT2D eigenvalue weighted by atomic mass is 10.1. The molecule has 0 saturated carbocycles. The average molecular weight is 247 g/mol. The Bertz CT molecular complexity index is 345. The summed E-state index contributed by atoms with van der Waals surface area (Å²) >= 11 is 2.91. The molecule has 0 aliphatic rings. The van der Waals surface area contributed by atoms with E-state index in [9.17, 15) is 8.78 Å². The molecule has 0 bridgehead atoms. The first-order valence-electron chi connectivity index (χ1n) is 3.79. The molecule has 0 amide bonds. The molecule has 0 atom stereocenters. The molecule has 0 heterocycles. The number of allylic oxidation sites excluding steroid dienone is 1. The molecule has 0 unspecified atom stereocenters. The van der Waals surface area contributed by atoms with Crippen molar-refractivity contribution in [2.45, 2.75) is 13.3 Å². The van der Waals surface area contributed by atoms with Gasteiger partial charge in [0.25, 0.3) is 0 Å². The van der Waals surface area contributed by atoms with Crippen molar-refractivity contribution in [1.82, 2.24) is 0 Å². The Hall–Kier alpha value is -0.700. The number of benzene rings is 1. The highest BCUT2D eigenvalue weighted by Crippen LogP contribution is 2.22. The summed E-state index contributed by atoms with van der Waals surface area (Å²) in [7, 11) is 0. The highest BCUT2D eigenvalue weighted by molar-refractivity contribution is 9.10. The zero-order valence-electron chi connectivity index (χ0n) is 7.20. The van der Waals surface area contributed by atoms with Crippen LogP contribution >= 0.6 is 15.9 Å². The summed E-state index contributed by atoms with van der Waals surface area (Å²) in [5.74, 6) is -1.63. The Morgan fingerprint density at radius 3 is 2.54 bits per heavy atom. The van der Waals surface area contributed by atoms with E-state index in [2.05, 4.69) is 22.5 Å². The topological polar surface area (TPSA) is 0 Å². The van der Waals surface area contributed by atoms with Crippen molar-refractivity contribution in [1.29, 1.82) is 0 Å². The van der Waals surface area contributed by atoms with E-state index in [0.29, 0.717) is 12.0 Å². The Balaban J connectivity index is 3.10. The summed E-state index contributed by atoms with van der Waals surface area (Å²) in [6, 6.07) is 3.05. The van der Waals surface area contributed by atoms with Crippen LogP contribution in [0.1, 0.15) is 12.5 Å². The summed E-state index contributed by atoms with van der Waals surface area (Å²) in [5, 5.41) is 0. The van der Waals surface area contributed by atoms with Gasteiger partial charge in [0.2, 0.25) is 0 Å². The molecule has 1 aromatic carbocycles. The monoisotopic (exact) mass is 246 g/mol. The van der Waals surface area contributed by atoms with E-state index in [1.807, 2.05) is 0 Å². The van der Waals surface area contributed by atoms with Gasteiger partial charge in [-0.15, -0.1) is 0 Å². The number of halogens is 3. The van der Waals surface area contributed by atoms with Gasteiger partial charge < -0.3 is 0 Å². The molecule has 0 nitrogen and oxygen atoms in total. The van der Waals surface area contributed by atoms with E-state index < -0.39 is 11.6 Å². The minimum atomic E-state index is -0.834. The van der Waals surface area contributed by atoms with Crippen LogP contribution in [0.15, 0.2) is 28.8 Å². The lowest BCUT2D eigenvalue weighted by Gasteiger charge is -2.04. The standard InChI is InChI=1S/C10H9BrF2/c1-6(2)5-7-3-4-8(11)10(13)9(7)12/h3-4H,1,5H2,2H3. The largest absolute Gasteiger partial charge is 0.203 e. The van der Waals surface area contributed by atoms with Gasteiger partial charge in [0.15, 0.2) is 11.6 Å². The average Bonchev–Trinajstić information content (AvgIpc) is 2.06. The van der Waals surface area contributed by atoms with Crippen LogP contribution in [-0.2, 0) is 6.42 Å². The molecular weight excluding hydrogens is 238 g/mol. The molecule has 0 saturated heterocycles. The molecule has 0 N–H and O–H groups in total. The molecule has 13 heavy (non-hydrogen) atoms. The van der Waals surface area contributed by atoms with Gasteiger partial charge in [-0.05, 0) is 40.9 Å². The predicted octanol–water partition coefficient (Wildman–Crippen LogP) is 3.85. The fraction of sp³-hybridized carbons (Fsp3) is 0.200. The Morgan fingerprint density at radius 1 is 1.38 bits per heavy atom. The maximum Gasteiger partial charge on any atom is 0.173 e. The van der Waals surface area contributed by atoms with Crippen LogP contribution in [0, 0.1) is 11.6 Å². The molecule has 3 heteroatoms. The zero-order valence-corrected chi connectivity index (χ0v) is 8.79. The van der Waals surface area contributed by atoms with E-state index >= 15 is 0 Å². The smallest absolute Gasteiger partial charge is 0.173 e. The van der Waals surface area contributed by atoms with Crippen molar-refractivity contribution in [2.24, 2.45) is 0 Å². The van der Waals surface area contributed by atoms with Gasteiger partial charge in [0.05, 0.1) is 4.47 Å². The summed E-state index contributed by atoms with van der Waals surface area (Å²) < 4.78 is 26.3. The van der Waals surface area contributed by atoms with E-state index in [1.54, 1.807) is 13.0 Å². The molecule has 0 aliphatic carbocycles. The maximum atomic E-state index is 13.2. The fourth-order valence-corrected chi connectivity index (χ4v) is 1.33. The van der Waals surface area contributed by atoms with Crippen molar-refractivity contribution in [2.75, 3.05) is 0 Å². The van der Waals surface area contributed by atoms with Gasteiger partial charge in [-0.2, -0.15) is 0 Å². The highest BCUT2D eigenvalue weighted by atomic mass is 79.9. The molecule has 70 valence electrons. The maximum absolute atomic E-state index is 13.2. The first-order valence-corrected chi connectivity index (χ1v) is 4.58. The molecule has 0 aromatic heterocycles. The quantitative estimate of drug-likeness (QED) is 0.550. The lowest BCUT2D eigenvalue weighted by molar-refractivity contribution is 0.496. The molecule has 0 aliphatic heterocycles. The van der Waals surface area contributed by atoms with Crippen LogP contribution in [-0.4, -0.2) is 0 Å². The van der Waals surface area contributed by atoms with Crippen molar-refractivity contribution in [3.05, 3.63) is 46.0 Å². The second kappa shape index (κ2) is 4.01. The predicted molar refractivity (Wildman–Crippen MR) is 52.6 cm³/mol. The third kappa shape index (κ3) is 2.37. The Morgan fingerprint density at radius 2 is 2.00 bits per heavy atom. The Labute approximate surface area is 84.4 Å². The molecule has 1 aromatic rings. The van der Waals surface area contributed by atoms with Crippen LogP contribution in [0.5, 0.6) is 0 Å². The lowest BCUT2D eigenvalue weighted by Crippen LogP contribution is -1.95. The van der Waals surface area contributed by atoms with Gasteiger partial charge in [-0.3, -0.25) is 0 Å². The van der Waals surface area contributed by atoms with E-state index in [0.717, 1.165) is 5.57 Å². The molecule has 0 radical (unpaired) electrons. The van der Waals surface area contributed by atoms with E-state index in [1.165, 1.54) is 6.07 Å². The first-order chi connectivity index (χ1) is 6.02. The van der Waals surface area contributed by atoms with Crippen LogP contribution in [0.2, 0.25) is 0 Å². The van der Waals surface area contributed by atoms with Gasteiger partial charge in [0.1, 0.15) is 0 Å². The van der Waals surface area contributed by atoms with Crippen LogP contribution in [0.3, 0.4) is 0 Å². The van der Waals surface area contributed by atoms with Crippen molar-refractivity contribution >= 4 is 15.9 Å². The minimum absolute atomic E-state index is 0.149. The van der Waals surface area contributed by atoms with Gasteiger partial charge in [-0.1, -0.05) is 18.2 Å². The first kappa shape index (κ1) is 10.4. The normalized spacial score (nSPS) is 10.2. The second-order valence-corrected chi connectivity index (χ2v) is 3.82. The SMILES string of the molecule is C=C(C)Cc1ccc(Br)c(F)c1F. The van der Waals surface area contributed by atoms with Gasteiger partial charge in [0, 0.05) is 0 Å².